The Hall–Kier alpha value is -1.66. The van der Waals surface area contributed by atoms with Crippen LogP contribution in [0, 0.1) is 17.8 Å². The number of Topliss-reactive ketones (excluding diaryl/α,β-unsaturated/α-hetero) is 1. The van der Waals surface area contributed by atoms with Crippen molar-refractivity contribution in [3.63, 3.8) is 0 Å². The van der Waals surface area contributed by atoms with Crippen LogP contribution in [-0.2, 0) is 9.53 Å². The van der Waals surface area contributed by atoms with Crippen molar-refractivity contribution in [2.45, 2.75) is 38.5 Å². The van der Waals surface area contributed by atoms with Gasteiger partial charge >= 0.3 is 5.97 Å². The number of esters is 1. The van der Waals surface area contributed by atoms with Crippen LogP contribution < -0.4 is 4.74 Å². The number of methoxy groups -OCH3 is 1. The predicted molar refractivity (Wildman–Crippen MR) is 103 cm³/mol. The Bertz CT molecular complexity index is 620. The van der Waals surface area contributed by atoms with Crippen molar-refractivity contribution in [1.82, 2.24) is 0 Å². The van der Waals surface area contributed by atoms with Crippen LogP contribution >= 0.6 is 0 Å². The van der Waals surface area contributed by atoms with Crippen LogP contribution in [0.2, 0.25) is 25.7 Å². The van der Waals surface area contributed by atoms with E-state index in [2.05, 4.69) is 19.6 Å². The molecule has 6 heteroatoms. The second kappa shape index (κ2) is 8.82. The van der Waals surface area contributed by atoms with Crippen LogP contribution in [0.15, 0.2) is 24.3 Å². The van der Waals surface area contributed by atoms with Crippen LogP contribution in [0.1, 0.15) is 23.2 Å². The fraction of sp³-hybridized carbons (Fsp3) is 0.600. The smallest absolute Gasteiger partial charge is 0.310 e. The molecule has 5 nitrogen and oxygen atoms in total. The molecule has 0 aliphatic heterocycles. The second-order valence-electron chi connectivity index (χ2n) is 8.22. The third-order valence-electron chi connectivity index (χ3n) is 5.10. The largest absolute Gasteiger partial charge is 0.497 e. The van der Waals surface area contributed by atoms with Gasteiger partial charge in [-0.05, 0) is 49.1 Å². The normalized spacial score (nSPS) is 22.9. The first-order valence-corrected chi connectivity index (χ1v) is 12.9. The van der Waals surface area contributed by atoms with E-state index in [4.69, 9.17) is 9.47 Å². The highest BCUT2D eigenvalue weighted by atomic mass is 28.3. The molecule has 0 saturated heterocycles. The Kier molecular flexibility index (Phi) is 7.00. The first-order valence-electron chi connectivity index (χ1n) is 9.22. The minimum absolute atomic E-state index is 0.0595. The molecule has 144 valence electrons. The average molecular weight is 379 g/mol. The summed E-state index contributed by atoms with van der Waals surface area (Å²) in [5.74, 6) is -0.913. The van der Waals surface area contributed by atoms with E-state index in [1.165, 1.54) is 0 Å². The monoisotopic (exact) mass is 378 g/mol. The first kappa shape index (κ1) is 20.6. The Balaban J connectivity index is 2.10. The van der Waals surface area contributed by atoms with Crippen molar-refractivity contribution in [3.8, 4) is 5.75 Å². The maximum absolute atomic E-state index is 12.9. The number of benzene rings is 1. The quantitative estimate of drug-likeness (QED) is 0.426. The highest BCUT2D eigenvalue weighted by molar-refractivity contribution is 6.76. The van der Waals surface area contributed by atoms with Crippen molar-refractivity contribution < 1.29 is 24.2 Å². The second-order valence-corrected chi connectivity index (χ2v) is 13.8. The summed E-state index contributed by atoms with van der Waals surface area (Å²) in [4.78, 5) is 25.6. The summed E-state index contributed by atoms with van der Waals surface area (Å²) in [6, 6.07) is 7.83. The Morgan fingerprint density at radius 3 is 2.35 bits per heavy atom. The zero-order valence-corrected chi connectivity index (χ0v) is 17.2. The maximum atomic E-state index is 12.9. The molecule has 0 spiro atoms. The van der Waals surface area contributed by atoms with Crippen LogP contribution in [0.3, 0.4) is 0 Å². The number of rotatable bonds is 8. The van der Waals surface area contributed by atoms with Gasteiger partial charge in [-0.25, -0.2) is 0 Å². The molecule has 0 heterocycles. The van der Waals surface area contributed by atoms with Crippen molar-refractivity contribution in [2.24, 2.45) is 17.8 Å². The molecule has 0 radical (unpaired) electrons. The number of aliphatic hydroxyl groups excluding tert-OH is 1. The van der Waals surface area contributed by atoms with E-state index in [1.807, 2.05) is 0 Å². The van der Waals surface area contributed by atoms with Gasteiger partial charge < -0.3 is 14.6 Å². The fourth-order valence-electron chi connectivity index (χ4n) is 3.46. The highest BCUT2D eigenvalue weighted by Crippen LogP contribution is 2.40. The van der Waals surface area contributed by atoms with Gasteiger partial charge in [0.25, 0.3) is 0 Å². The number of carbonyl (C=O) groups excluding carboxylic acids is 2. The molecule has 3 unspecified atom stereocenters. The molecule has 0 amide bonds. The van der Waals surface area contributed by atoms with Gasteiger partial charge in [0.05, 0.1) is 19.6 Å². The minimum Gasteiger partial charge on any atom is -0.497 e. The molecule has 1 fully saturated rings. The number of carbonyl (C=O) groups is 2. The van der Waals surface area contributed by atoms with Gasteiger partial charge in [0.15, 0.2) is 5.78 Å². The van der Waals surface area contributed by atoms with Crippen LogP contribution in [0.25, 0.3) is 0 Å². The lowest BCUT2D eigenvalue weighted by molar-refractivity contribution is -0.150. The van der Waals surface area contributed by atoms with Gasteiger partial charge in [-0.15, -0.1) is 0 Å². The SMILES string of the molecule is COc1ccc(C(=O)C2CCC(CO)C2C(=O)OCC[Si](C)(C)C)cc1. The Labute approximate surface area is 156 Å². The fourth-order valence-corrected chi connectivity index (χ4v) is 4.17. The molecule has 1 aromatic rings. The van der Waals surface area contributed by atoms with Gasteiger partial charge in [0, 0.05) is 26.2 Å². The first-order chi connectivity index (χ1) is 12.3. The lowest BCUT2D eigenvalue weighted by Gasteiger charge is -2.23. The van der Waals surface area contributed by atoms with E-state index >= 15 is 0 Å². The molecule has 2 rings (SSSR count). The van der Waals surface area contributed by atoms with Crippen molar-refractivity contribution in [3.05, 3.63) is 29.8 Å². The summed E-state index contributed by atoms with van der Waals surface area (Å²) in [6.45, 7) is 6.97. The van der Waals surface area contributed by atoms with Gasteiger partial charge in [-0.1, -0.05) is 19.6 Å². The number of ether oxygens (including phenoxy) is 2. The van der Waals surface area contributed by atoms with Crippen molar-refractivity contribution in [1.29, 1.82) is 0 Å². The van der Waals surface area contributed by atoms with E-state index in [-0.39, 0.29) is 24.3 Å². The summed E-state index contributed by atoms with van der Waals surface area (Å²) in [7, 11) is 0.281. The summed E-state index contributed by atoms with van der Waals surface area (Å²) >= 11 is 0. The molecular formula is C20H30O5Si. The van der Waals surface area contributed by atoms with E-state index < -0.39 is 19.9 Å². The molecule has 0 aromatic heterocycles. The molecule has 3 atom stereocenters. The lowest BCUT2D eigenvalue weighted by atomic mass is 9.84. The van der Waals surface area contributed by atoms with Crippen LogP contribution in [0.5, 0.6) is 5.75 Å². The number of aliphatic hydroxyl groups is 1. The summed E-state index contributed by atoms with van der Waals surface area (Å²) in [5.41, 5.74) is 0.564. The van der Waals surface area contributed by atoms with Crippen LogP contribution in [-0.4, -0.2) is 45.3 Å². The van der Waals surface area contributed by atoms with Gasteiger partial charge in [-0.2, -0.15) is 0 Å². The molecule has 1 aliphatic carbocycles. The van der Waals surface area contributed by atoms with Crippen LogP contribution in [0.4, 0.5) is 0 Å². The standard InChI is InChI=1S/C20H30O5Si/c1-24-16-8-5-14(6-9-16)19(22)17-10-7-15(13-21)18(17)20(23)25-11-12-26(2,3)4/h5-6,8-9,15,17-18,21H,7,10-13H2,1-4H3. The number of hydrogen-bond acceptors (Lipinski definition) is 5. The molecule has 0 bridgehead atoms. The van der Waals surface area contributed by atoms with Gasteiger partial charge in [0.2, 0.25) is 0 Å². The minimum atomic E-state index is -1.29. The topological polar surface area (TPSA) is 72.8 Å². The third-order valence-corrected chi connectivity index (χ3v) is 6.81. The van der Waals surface area contributed by atoms with E-state index in [1.54, 1.807) is 31.4 Å². The maximum Gasteiger partial charge on any atom is 0.310 e. The van der Waals surface area contributed by atoms with E-state index in [0.29, 0.717) is 30.8 Å². The zero-order chi connectivity index (χ0) is 19.3. The molecule has 1 aliphatic rings. The highest BCUT2D eigenvalue weighted by Gasteiger charge is 2.45. The molecule has 1 saturated carbocycles. The predicted octanol–water partition coefficient (Wildman–Crippen LogP) is 3.39. The average Bonchev–Trinajstić information content (AvgIpc) is 3.04. The van der Waals surface area contributed by atoms with Gasteiger partial charge in [0.1, 0.15) is 5.75 Å². The lowest BCUT2D eigenvalue weighted by Crippen LogP contribution is -2.33. The van der Waals surface area contributed by atoms with Gasteiger partial charge in [-0.3, -0.25) is 9.59 Å². The molecule has 1 N–H and O–H groups in total. The summed E-state index contributed by atoms with van der Waals surface area (Å²) < 4.78 is 10.6. The molecular weight excluding hydrogens is 348 g/mol. The van der Waals surface area contributed by atoms with Crippen molar-refractivity contribution in [2.75, 3.05) is 20.3 Å². The zero-order valence-electron chi connectivity index (χ0n) is 16.2. The number of hydrogen-bond donors (Lipinski definition) is 1. The Morgan fingerprint density at radius 1 is 1.15 bits per heavy atom. The van der Waals surface area contributed by atoms with E-state index in [9.17, 15) is 14.7 Å². The molecule has 26 heavy (non-hydrogen) atoms. The Morgan fingerprint density at radius 2 is 1.81 bits per heavy atom. The molecule has 1 aromatic carbocycles. The van der Waals surface area contributed by atoms with E-state index in [0.717, 1.165) is 6.04 Å². The summed E-state index contributed by atoms with van der Waals surface area (Å²) in [6.07, 6.45) is 1.26. The van der Waals surface area contributed by atoms with Crippen molar-refractivity contribution >= 4 is 19.8 Å². The number of ketones is 1. The summed E-state index contributed by atoms with van der Waals surface area (Å²) in [5, 5.41) is 9.65. The third kappa shape index (κ3) is 5.17.